The fourth-order valence-electron chi connectivity index (χ4n) is 2.68. The number of anilines is 1. The van der Waals surface area contributed by atoms with Crippen LogP contribution in [0.15, 0.2) is 52.3 Å². The summed E-state index contributed by atoms with van der Waals surface area (Å²) in [5, 5.41) is 8.19. The maximum atomic E-state index is 12.1. The standard InChI is InChI=1S/C22H22BrN3O3S2/c1-13(2)14-4-7-16(8-5-14)29-11-20(27)25-21(30)26-22-24-18(12-31-22)15-6-9-19(28-3)17(23)10-15/h4-10,12-13H,11H2,1-3H3,(H2,24,25,26,27,30). The van der Waals surface area contributed by atoms with Crippen LogP contribution in [0.5, 0.6) is 11.5 Å². The highest BCUT2D eigenvalue weighted by Gasteiger charge is 2.11. The van der Waals surface area contributed by atoms with Crippen molar-refractivity contribution in [2.24, 2.45) is 0 Å². The van der Waals surface area contributed by atoms with E-state index in [4.69, 9.17) is 21.7 Å². The number of halogens is 1. The number of thiazole rings is 1. The predicted molar refractivity (Wildman–Crippen MR) is 132 cm³/mol. The number of nitrogens with one attached hydrogen (secondary N) is 2. The van der Waals surface area contributed by atoms with Crippen LogP contribution in [0.1, 0.15) is 25.3 Å². The number of carbonyl (C=O) groups is 1. The summed E-state index contributed by atoms with van der Waals surface area (Å²) < 4.78 is 11.6. The average Bonchev–Trinajstić information content (AvgIpc) is 3.20. The molecule has 0 aliphatic rings. The van der Waals surface area contributed by atoms with Gasteiger partial charge in [0.25, 0.3) is 5.91 Å². The van der Waals surface area contributed by atoms with Gasteiger partial charge < -0.3 is 14.8 Å². The number of ether oxygens (including phenoxy) is 2. The molecule has 0 saturated carbocycles. The number of hydrogen-bond donors (Lipinski definition) is 2. The smallest absolute Gasteiger partial charge is 0.264 e. The lowest BCUT2D eigenvalue weighted by atomic mass is 10.0. The summed E-state index contributed by atoms with van der Waals surface area (Å²) in [7, 11) is 1.62. The molecule has 3 rings (SSSR count). The number of carbonyl (C=O) groups excluding carboxylic acids is 1. The van der Waals surface area contributed by atoms with E-state index in [1.54, 1.807) is 7.11 Å². The Kier molecular flexibility index (Phi) is 8.00. The van der Waals surface area contributed by atoms with E-state index in [1.807, 2.05) is 47.8 Å². The third kappa shape index (κ3) is 6.49. The van der Waals surface area contributed by atoms with E-state index in [2.05, 4.69) is 45.4 Å². The van der Waals surface area contributed by atoms with Gasteiger partial charge in [-0.15, -0.1) is 11.3 Å². The molecule has 0 fully saturated rings. The largest absolute Gasteiger partial charge is 0.496 e. The number of aromatic nitrogens is 1. The van der Waals surface area contributed by atoms with Gasteiger partial charge in [0.15, 0.2) is 16.9 Å². The van der Waals surface area contributed by atoms with Gasteiger partial charge in [0.2, 0.25) is 0 Å². The monoisotopic (exact) mass is 519 g/mol. The van der Waals surface area contributed by atoms with Crippen molar-refractivity contribution in [3.8, 4) is 22.8 Å². The first-order chi connectivity index (χ1) is 14.9. The van der Waals surface area contributed by atoms with Crippen LogP contribution >= 0.6 is 39.5 Å². The summed E-state index contributed by atoms with van der Waals surface area (Å²) in [4.78, 5) is 16.6. The third-order valence-corrected chi connectivity index (χ3v) is 5.92. The molecule has 0 atom stereocenters. The second kappa shape index (κ2) is 10.7. The van der Waals surface area contributed by atoms with Crippen LogP contribution in [-0.2, 0) is 4.79 Å². The molecule has 0 bridgehead atoms. The lowest BCUT2D eigenvalue weighted by molar-refractivity contribution is -0.121. The normalized spacial score (nSPS) is 10.6. The highest BCUT2D eigenvalue weighted by molar-refractivity contribution is 9.10. The van der Waals surface area contributed by atoms with E-state index in [-0.39, 0.29) is 17.6 Å². The minimum Gasteiger partial charge on any atom is -0.496 e. The van der Waals surface area contributed by atoms with Crippen LogP contribution in [0.3, 0.4) is 0 Å². The molecule has 2 aromatic carbocycles. The maximum absolute atomic E-state index is 12.1. The molecule has 0 saturated heterocycles. The van der Waals surface area contributed by atoms with Gasteiger partial charge in [-0.25, -0.2) is 4.98 Å². The van der Waals surface area contributed by atoms with Gasteiger partial charge in [-0.3, -0.25) is 10.1 Å². The molecule has 1 heterocycles. The van der Waals surface area contributed by atoms with Crippen molar-refractivity contribution in [3.05, 3.63) is 57.9 Å². The third-order valence-electron chi connectivity index (χ3n) is 4.34. The van der Waals surface area contributed by atoms with Gasteiger partial charge in [-0.1, -0.05) is 26.0 Å². The van der Waals surface area contributed by atoms with Crippen molar-refractivity contribution in [2.75, 3.05) is 19.0 Å². The summed E-state index contributed by atoms with van der Waals surface area (Å²) in [5.41, 5.74) is 2.94. The fraction of sp³-hybridized carbons (Fsp3) is 0.227. The number of hydrogen-bond acceptors (Lipinski definition) is 6. The van der Waals surface area contributed by atoms with E-state index in [0.717, 1.165) is 21.5 Å². The van der Waals surface area contributed by atoms with Crippen molar-refractivity contribution < 1.29 is 14.3 Å². The fourth-order valence-corrected chi connectivity index (χ4v) is 4.22. The van der Waals surface area contributed by atoms with Crippen molar-refractivity contribution in [1.82, 2.24) is 10.3 Å². The van der Waals surface area contributed by atoms with Crippen LogP contribution in [0.4, 0.5) is 5.13 Å². The number of nitrogens with zero attached hydrogens (tertiary/aromatic N) is 1. The second-order valence-corrected chi connectivity index (χ2v) is 9.02. The van der Waals surface area contributed by atoms with Gasteiger partial charge in [0.1, 0.15) is 11.5 Å². The van der Waals surface area contributed by atoms with E-state index in [1.165, 1.54) is 16.9 Å². The van der Waals surface area contributed by atoms with Crippen LogP contribution < -0.4 is 20.1 Å². The molecule has 0 aliphatic carbocycles. The molecular weight excluding hydrogens is 498 g/mol. The number of benzene rings is 2. The Morgan fingerprint density at radius 2 is 1.97 bits per heavy atom. The Hall–Kier alpha value is -2.49. The molecule has 3 aromatic rings. The van der Waals surface area contributed by atoms with Crippen molar-refractivity contribution >= 4 is 55.6 Å². The Labute approximate surface area is 199 Å². The van der Waals surface area contributed by atoms with E-state index >= 15 is 0 Å². The lowest BCUT2D eigenvalue weighted by Crippen LogP contribution is -2.37. The van der Waals surface area contributed by atoms with Gasteiger partial charge in [-0.2, -0.15) is 0 Å². The summed E-state index contributed by atoms with van der Waals surface area (Å²) in [6.45, 7) is 4.11. The van der Waals surface area contributed by atoms with E-state index in [9.17, 15) is 4.79 Å². The highest BCUT2D eigenvalue weighted by atomic mass is 79.9. The maximum Gasteiger partial charge on any atom is 0.264 e. The first-order valence-electron chi connectivity index (χ1n) is 9.48. The number of amides is 1. The zero-order valence-corrected chi connectivity index (χ0v) is 20.5. The Morgan fingerprint density at radius 3 is 2.61 bits per heavy atom. The Balaban J connectivity index is 1.50. The quantitative estimate of drug-likeness (QED) is 0.396. The van der Waals surface area contributed by atoms with Gasteiger partial charge in [0, 0.05) is 10.9 Å². The molecule has 31 heavy (non-hydrogen) atoms. The Morgan fingerprint density at radius 1 is 1.23 bits per heavy atom. The first-order valence-corrected chi connectivity index (χ1v) is 11.6. The molecule has 2 N–H and O–H groups in total. The van der Waals surface area contributed by atoms with Crippen LogP contribution in [0, 0.1) is 0 Å². The number of methoxy groups -OCH3 is 1. The molecule has 0 aliphatic heterocycles. The topological polar surface area (TPSA) is 72.5 Å². The highest BCUT2D eigenvalue weighted by Crippen LogP contribution is 2.32. The molecule has 6 nitrogen and oxygen atoms in total. The lowest BCUT2D eigenvalue weighted by Gasteiger charge is -2.10. The second-order valence-electron chi connectivity index (χ2n) is 6.90. The summed E-state index contributed by atoms with van der Waals surface area (Å²) in [5.74, 6) is 1.48. The molecular formula is C22H22BrN3O3S2. The van der Waals surface area contributed by atoms with Gasteiger partial charge in [0.05, 0.1) is 17.3 Å². The molecule has 9 heteroatoms. The molecule has 1 aromatic heterocycles. The zero-order valence-electron chi connectivity index (χ0n) is 17.3. The van der Waals surface area contributed by atoms with Crippen LogP contribution in [-0.4, -0.2) is 29.7 Å². The molecule has 0 unspecified atom stereocenters. The SMILES string of the molecule is COc1ccc(-c2csc(NC(=S)NC(=O)COc3ccc(C(C)C)cc3)n2)cc1Br. The minimum absolute atomic E-state index is 0.133. The average molecular weight is 520 g/mol. The van der Waals surface area contributed by atoms with Gasteiger partial charge in [-0.05, 0) is 70.0 Å². The van der Waals surface area contributed by atoms with E-state index in [0.29, 0.717) is 16.8 Å². The van der Waals surface area contributed by atoms with Crippen molar-refractivity contribution in [3.63, 3.8) is 0 Å². The number of rotatable bonds is 7. The minimum atomic E-state index is -0.346. The molecule has 1 amide bonds. The van der Waals surface area contributed by atoms with Crippen LogP contribution in [0.25, 0.3) is 11.3 Å². The molecule has 162 valence electrons. The summed E-state index contributed by atoms with van der Waals surface area (Å²) in [6.07, 6.45) is 0. The summed E-state index contributed by atoms with van der Waals surface area (Å²) >= 11 is 10.1. The molecule has 0 radical (unpaired) electrons. The zero-order chi connectivity index (χ0) is 22.4. The first kappa shape index (κ1) is 23.2. The summed E-state index contributed by atoms with van der Waals surface area (Å²) in [6, 6.07) is 13.4. The van der Waals surface area contributed by atoms with Crippen LogP contribution in [0.2, 0.25) is 0 Å². The van der Waals surface area contributed by atoms with Gasteiger partial charge >= 0.3 is 0 Å². The predicted octanol–water partition coefficient (Wildman–Crippen LogP) is 5.60. The molecule has 0 spiro atoms. The Bertz CT molecular complexity index is 1070. The number of thiocarbonyl (C=S) groups is 1. The van der Waals surface area contributed by atoms with E-state index < -0.39 is 0 Å². The van der Waals surface area contributed by atoms with Crippen molar-refractivity contribution in [2.45, 2.75) is 19.8 Å². The van der Waals surface area contributed by atoms with Crippen molar-refractivity contribution in [1.29, 1.82) is 0 Å².